The second-order valence-electron chi connectivity index (χ2n) is 6.01. The van der Waals surface area contributed by atoms with E-state index < -0.39 is 5.91 Å². The third kappa shape index (κ3) is 3.76. The van der Waals surface area contributed by atoms with Gasteiger partial charge in [0.25, 0.3) is 5.91 Å². The maximum absolute atomic E-state index is 11.5. The van der Waals surface area contributed by atoms with Gasteiger partial charge in [0, 0.05) is 10.7 Å². The van der Waals surface area contributed by atoms with E-state index in [9.17, 15) is 4.79 Å². The molecule has 4 heteroatoms. The predicted molar refractivity (Wildman–Crippen MR) is 88.4 cm³/mol. The van der Waals surface area contributed by atoms with Crippen LogP contribution in [-0.4, -0.2) is 5.91 Å². The van der Waals surface area contributed by atoms with Crippen molar-refractivity contribution in [1.82, 2.24) is 0 Å². The summed E-state index contributed by atoms with van der Waals surface area (Å²) in [5, 5.41) is 3.68. The van der Waals surface area contributed by atoms with Crippen LogP contribution in [0.4, 0.5) is 11.4 Å². The molecule has 0 heterocycles. The highest BCUT2D eigenvalue weighted by Gasteiger charge is 2.13. The minimum absolute atomic E-state index is 0.108. The van der Waals surface area contributed by atoms with Crippen LogP contribution in [0.2, 0.25) is 5.02 Å². The lowest BCUT2D eigenvalue weighted by Gasteiger charge is -2.19. The summed E-state index contributed by atoms with van der Waals surface area (Å²) in [7, 11) is 0. The Balaban J connectivity index is 2.28. The molecule has 0 unspecified atom stereocenters. The summed E-state index contributed by atoms with van der Waals surface area (Å²) < 4.78 is 0. The van der Waals surface area contributed by atoms with Crippen molar-refractivity contribution in [3.05, 3.63) is 58.6 Å². The van der Waals surface area contributed by atoms with Crippen molar-refractivity contribution in [3.63, 3.8) is 0 Å². The molecule has 0 fully saturated rings. The number of carbonyl (C=O) groups is 1. The number of carbonyl (C=O) groups excluding carboxylic acids is 1. The van der Waals surface area contributed by atoms with E-state index >= 15 is 0 Å². The first-order chi connectivity index (χ1) is 9.77. The molecule has 0 bridgehead atoms. The zero-order chi connectivity index (χ0) is 15.6. The van der Waals surface area contributed by atoms with E-state index in [1.165, 1.54) is 5.56 Å². The number of amides is 1. The molecule has 110 valence electrons. The molecule has 2 aromatic rings. The lowest BCUT2D eigenvalue weighted by Crippen LogP contribution is -2.13. The van der Waals surface area contributed by atoms with E-state index in [0.717, 1.165) is 5.69 Å². The molecule has 3 N–H and O–H groups in total. The summed E-state index contributed by atoms with van der Waals surface area (Å²) >= 11 is 5.90. The van der Waals surface area contributed by atoms with Gasteiger partial charge < -0.3 is 11.1 Å². The summed E-state index contributed by atoms with van der Waals surface area (Å²) in [6.45, 7) is 6.50. The molecule has 0 aliphatic heterocycles. The van der Waals surface area contributed by atoms with Gasteiger partial charge >= 0.3 is 0 Å². The molecule has 0 radical (unpaired) electrons. The third-order valence-electron chi connectivity index (χ3n) is 3.28. The minimum atomic E-state index is -0.508. The third-order valence-corrected chi connectivity index (χ3v) is 3.51. The van der Waals surface area contributed by atoms with Gasteiger partial charge in [0.15, 0.2) is 0 Å². The van der Waals surface area contributed by atoms with Gasteiger partial charge in [-0.05, 0) is 41.3 Å². The van der Waals surface area contributed by atoms with Crippen molar-refractivity contribution in [2.45, 2.75) is 26.2 Å². The number of hydrogen-bond acceptors (Lipinski definition) is 2. The second kappa shape index (κ2) is 5.78. The molecule has 21 heavy (non-hydrogen) atoms. The number of primary amides is 1. The molecule has 0 saturated heterocycles. The topological polar surface area (TPSA) is 55.1 Å². The van der Waals surface area contributed by atoms with Crippen LogP contribution in [0, 0.1) is 0 Å². The number of halogens is 1. The first-order valence-electron chi connectivity index (χ1n) is 6.74. The van der Waals surface area contributed by atoms with Crippen molar-refractivity contribution in [2.24, 2.45) is 5.73 Å². The van der Waals surface area contributed by atoms with Crippen LogP contribution in [0.15, 0.2) is 42.5 Å². The van der Waals surface area contributed by atoms with Gasteiger partial charge in [-0.3, -0.25) is 4.79 Å². The minimum Gasteiger partial charge on any atom is -0.366 e. The highest BCUT2D eigenvalue weighted by Crippen LogP contribution is 2.27. The van der Waals surface area contributed by atoms with Gasteiger partial charge in [0.1, 0.15) is 0 Å². The van der Waals surface area contributed by atoms with E-state index in [2.05, 4.69) is 38.2 Å². The Morgan fingerprint density at radius 1 is 1.10 bits per heavy atom. The SMILES string of the molecule is CC(C)(C)c1ccc(Nc2ccc(Cl)cc2C(N)=O)cc1. The average molecular weight is 303 g/mol. The quantitative estimate of drug-likeness (QED) is 0.878. The zero-order valence-electron chi connectivity index (χ0n) is 12.4. The van der Waals surface area contributed by atoms with E-state index in [0.29, 0.717) is 16.3 Å². The van der Waals surface area contributed by atoms with Crippen molar-refractivity contribution in [1.29, 1.82) is 0 Å². The Bertz CT molecular complexity index is 657. The number of nitrogens with one attached hydrogen (secondary N) is 1. The van der Waals surface area contributed by atoms with Crippen molar-refractivity contribution >= 4 is 28.9 Å². The number of nitrogens with two attached hydrogens (primary N) is 1. The van der Waals surface area contributed by atoms with Crippen LogP contribution in [0.25, 0.3) is 0 Å². The Kier molecular flexibility index (Phi) is 4.24. The van der Waals surface area contributed by atoms with E-state index in [-0.39, 0.29) is 5.41 Å². The molecule has 0 aliphatic carbocycles. The van der Waals surface area contributed by atoms with Crippen LogP contribution in [0.3, 0.4) is 0 Å². The van der Waals surface area contributed by atoms with Gasteiger partial charge in [-0.25, -0.2) is 0 Å². The van der Waals surface area contributed by atoms with Gasteiger partial charge in [0.05, 0.1) is 11.3 Å². The summed E-state index contributed by atoms with van der Waals surface area (Å²) in [5.74, 6) is -0.508. The molecule has 0 aromatic heterocycles. The van der Waals surface area contributed by atoms with Crippen LogP contribution in [0.5, 0.6) is 0 Å². The Morgan fingerprint density at radius 3 is 2.24 bits per heavy atom. The maximum Gasteiger partial charge on any atom is 0.250 e. The highest BCUT2D eigenvalue weighted by atomic mass is 35.5. The first-order valence-corrected chi connectivity index (χ1v) is 7.12. The number of hydrogen-bond donors (Lipinski definition) is 2. The van der Waals surface area contributed by atoms with Gasteiger partial charge in [-0.15, -0.1) is 0 Å². The zero-order valence-corrected chi connectivity index (χ0v) is 13.2. The van der Waals surface area contributed by atoms with Gasteiger partial charge in [0.2, 0.25) is 0 Å². The Morgan fingerprint density at radius 2 is 1.71 bits per heavy atom. The number of rotatable bonds is 3. The smallest absolute Gasteiger partial charge is 0.250 e. The van der Waals surface area contributed by atoms with E-state index in [1.807, 2.05) is 12.1 Å². The molecule has 2 aromatic carbocycles. The molecular formula is C17H19ClN2O. The summed E-state index contributed by atoms with van der Waals surface area (Å²) in [6, 6.07) is 13.2. The molecule has 0 saturated carbocycles. The van der Waals surface area contributed by atoms with Crippen molar-refractivity contribution < 1.29 is 4.79 Å². The summed E-state index contributed by atoms with van der Waals surface area (Å²) in [5.41, 5.74) is 8.66. The monoisotopic (exact) mass is 302 g/mol. The fourth-order valence-electron chi connectivity index (χ4n) is 2.04. The fourth-order valence-corrected chi connectivity index (χ4v) is 2.21. The molecular weight excluding hydrogens is 284 g/mol. The van der Waals surface area contributed by atoms with Gasteiger partial charge in [-0.1, -0.05) is 44.5 Å². The van der Waals surface area contributed by atoms with E-state index in [1.54, 1.807) is 18.2 Å². The maximum atomic E-state index is 11.5. The van der Waals surface area contributed by atoms with Gasteiger partial charge in [-0.2, -0.15) is 0 Å². The number of benzene rings is 2. The predicted octanol–water partition coefficient (Wildman–Crippen LogP) is 4.48. The molecule has 0 spiro atoms. The largest absolute Gasteiger partial charge is 0.366 e. The van der Waals surface area contributed by atoms with Crippen molar-refractivity contribution in [2.75, 3.05) is 5.32 Å². The fraction of sp³-hybridized carbons (Fsp3) is 0.235. The standard InChI is InChI=1S/C17H19ClN2O/c1-17(2,3)11-4-7-13(8-5-11)20-15-9-6-12(18)10-14(15)16(19)21/h4-10,20H,1-3H3,(H2,19,21). The van der Waals surface area contributed by atoms with Crippen LogP contribution in [-0.2, 0) is 5.41 Å². The lowest BCUT2D eigenvalue weighted by atomic mass is 9.87. The first kappa shape index (κ1) is 15.4. The Labute approximate surface area is 130 Å². The van der Waals surface area contributed by atoms with Crippen LogP contribution >= 0.6 is 11.6 Å². The van der Waals surface area contributed by atoms with Crippen molar-refractivity contribution in [3.8, 4) is 0 Å². The molecule has 0 atom stereocenters. The Hall–Kier alpha value is -2.00. The van der Waals surface area contributed by atoms with E-state index in [4.69, 9.17) is 17.3 Å². The average Bonchev–Trinajstić information content (AvgIpc) is 2.40. The highest BCUT2D eigenvalue weighted by molar-refractivity contribution is 6.31. The summed E-state index contributed by atoms with van der Waals surface area (Å²) in [4.78, 5) is 11.5. The molecule has 3 nitrogen and oxygen atoms in total. The molecule has 0 aliphatic rings. The normalized spacial score (nSPS) is 11.2. The summed E-state index contributed by atoms with van der Waals surface area (Å²) in [6.07, 6.45) is 0. The second-order valence-corrected chi connectivity index (χ2v) is 6.44. The molecule has 2 rings (SSSR count). The van der Waals surface area contributed by atoms with Crippen LogP contribution in [0.1, 0.15) is 36.7 Å². The van der Waals surface area contributed by atoms with Crippen LogP contribution < -0.4 is 11.1 Å². The lowest BCUT2D eigenvalue weighted by molar-refractivity contribution is 0.100. The number of anilines is 2. The molecule has 1 amide bonds.